The van der Waals surface area contributed by atoms with Crippen LogP contribution in [-0.2, 0) is 11.3 Å². The van der Waals surface area contributed by atoms with Gasteiger partial charge in [0, 0.05) is 44.2 Å². The van der Waals surface area contributed by atoms with Gasteiger partial charge in [0.15, 0.2) is 11.6 Å². The fraction of sp³-hybridized carbons (Fsp3) is 0.467. The number of rotatable bonds is 5. The second-order valence-corrected chi connectivity index (χ2v) is 5.71. The van der Waals surface area contributed by atoms with Gasteiger partial charge in [-0.2, -0.15) is 0 Å². The number of nitrogens with one attached hydrogen (secondary N) is 1. The molecule has 2 aromatic rings. The summed E-state index contributed by atoms with van der Waals surface area (Å²) in [7, 11) is 0. The van der Waals surface area contributed by atoms with Crippen LogP contribution in [0.2, 0.25) is 5.02 Å². The molecular formula is C15H18ClFN4O. The van der Waals surface area contributed by atoms with Crippen molar-refractivity contribution in [3.05, 3.63) is 41.3 Å². The summed E-state index contributed by atoms with van der Waals surface area (Å²) in [4.78, 5) is 8.39. The summed E-state index contributed by atoms with van der Waals surface area (Å²) < 4.78 is 21.7. The monoisotopic (exact) mass is 324 g/mol. The fourth-order valence-corrected chi connectivity index (χ4v) is 2.89. The molecule has 1 N–H and O–H groups in total. The first kappa shape index (κ1) is 15.2. The first-order valence-corrected chi connectivity index (χ1v) is 7.74. The summed E-state index contributed by atoms with van der Waals surface area (Å²) in [5, 5.41) is 3.34. The largest absolute Gasteiger partial charge is 0.370 e. The Balaban J connectivity index is 1.69. The predicted molar refractivity (Wildman–Crippen MR) is 82.4 cm³/mol. The van der Waals surface area contributed by atoms with Crippen molar-refractivity contribution >= 4 is 17.4 Å². The van der Waals surface area contributed by atoms with Crippen LogP contribution in [0.15, 0.2) is 24.7 Å². The van der Waals surface area contributed by atoms with Gasteiger partial charge < -0.3 is 14.6 Å². The minimum Gasteiger partial charge on any atom is -0.370 e. The maximum atomic E-state index is 13.8. The molecule has 0 aliphatic carbocycles. The average molecular weight is 325 g/mol. The summed E-state index contributed by atoms with van der Waals surface area (Å²) in [6, 6.07) is 1.25. The lowest BCUT2D eigenvalue weighted by molar-refractivity contribution is 0.0832. The van der Waals surface area contributed by atoms with Crippen molar-refractivity contribution in [2.45, 2.75) is 26.0 Å². The van der Waals surface area contributed by atoms with E-state index >= 15 is 0 Å². The van der Waals surface area contributed by atoms with Crippen LogP contribution in [-0.4, -0.2) is 27.7 Å². The van der Waals surface area contributed by atoms with Crippen LogP contribution in [0.5, 0.6) is 0 Å². The maximum Gasteiger partial charge on any atom is 0.166 e. The predicted octanol–water partition coefficient (Wildman–Crippen LogP) is 3.28. The lowest BCUT2D eigenvalue weighted by Crippen LogP contribution is -2.21. The van der Waals surface area contributed by atoms with Gasteiger partial charge in [-0.25, -0.2) is 14.4 Å². The first-order valence-electron chi connectivity index (χ1n) is 7.36. The number of anilines is 1. The standard InChI is InChI=1S/C15H18ClFN4O/c1-2-21-5-4-18-15(21)13-10(3-6-22-13)8-19-14-12(17)7-11(16)9-20-14/h4-5,7,9-10,13H,2-3,6,8H2,1H3,(H,19,20)/t10-,13+/m0/s1. The molecule has 0 unspecified atom stereocenters. The van der Waals surface area contributed by atoms with Gasteiger partial charge in [-0.05, 0) is 19.4 Å². The highest BCUT2D eigenvalue weighted by Crippen LogP contribution is 2.34. The van der Waals surface area contributed by atoms with E-state index in [1.54, 1.807) is 6.20 Å². The Morgan fingerprint density at radius 3 is 3.14 bits per heavy atom. The molecule has 7 heteroatoms. The third-order valence-corrected chi connectivity index (χ3v) is 4.10. The van der Waals surface area contributed by atoms with E-state index < -0.39 is 5.82 Å². The number of imidazole rings is 1. The van der Waals surface area contributed by atoms with Crippen LogP contribution < -0.4 is 5.32 Å². The SMILES string of the molecule is CCn1ccnc1[C@@H]1OCC[C@H]1CNc1ncc(Cl)cc1F. The lowest BCUT2D eigenvalue weighted by Gasteiger charge is -2.19. The molecular weight excluding hydrogens is 307 g/mol. The average Bonchev–Trinajstić information content (AvgIpc) is 3.14. The highest BCUT2D eigenvalue weighted by atomic mass is 35.5. The van der Waals surface area contributed by atoms with Crippen LogP contribution in [0, 0.1) is 11.7 Å². The molecule has 0 saturated carbocycles. The molecule has 1 fully saturated rings. The van der Waals surface area contributed by atoms with Crippen LogP contribution in [0.1, 0.15) is 25.3 Å². The molecule has 2 aromatic heterocycles. The normalized spacial score (nSPS) is 21.2. The fourth-order valence-electron chi connectivity index (χ4n) is 2.75. The van der Waals surface area contributed by atoms with E-state index in [-0.39, 0.29) is 22.9 Å². The number of halogens is 2. The smallest absolute Gasteiger partial charge is 0.166 e. The number of nitrogens with zero attached hydrogens (tertiary/aromatic N) is 3. The van der Waals surface area contributed by atoms with Crippen LogP contribution in [0.25, 0.3) is 0 Å². The van der Waals surface area contributed by atoms with E-state index in [1.807, 2.05) is 6.20 Å². The minimum atomic E-state index is -0.446. The highest BCUT2D eigenvalue weighted by molar-refractivity contribution is 6.30. The van der Waals surface area contributed by atoms with Gasteiger partial charge in [-0.1, -0.05) is 11.6 Å². The first-order chi connectivity index (χ1) is 10.7. The van der Waals surface area contributed by atoms with Gasteiger partial charge in [0.25, 0.3) is 0 Å². The van der Waals surface area contributed by atoms with Crippen LogP contribution in [0.4, 0.5) is 10.2 Å². The van der Waals surface area contributed by atoms with Gasteiger partial charge in [-0.3, -0.25) is 0 Å². The molecule has 3 rings (SSSR count). The molecule has 3 heterocycles. The van der Waals surface area contributed by atoms with Crippen molar-refractivity contribution in [1.82, 2.24) is 14.5 Å². The molecule has 0 spiro atoms. The van der Waals surface area contributed by atoms with E-state index in [1.165, 1.54) is 12.3 Å². The van der Waals surface area contributed by atoms with Gasteiger partial charge in [0.05, 0.1) is 5.02 Å². The van der Waals surface area contributed by atoms with Gasteiger partial charge >= 0.3 is 0 Å². The second-order valence-electron chi connectivity index (χ2n) is 5.28. The molecule has 1 saturated heterocycles. The number of ether oxygens (including phenoxy) is 1. The summed E-state index contributed by atoms with van der Waals surface area (Å²) in [6.07, 6.45) is 5.99. The number of aromatic nitrogens is 3. The summed E-state index contributed by atoms with van der Waals surface area (Å²) in [6.45, 7) is 4.18. The van der Waals surface area contributed by atoms with Crippen LogP contribution >= 0.6 is 11.6 Å². The Hall–Kier alpha value is -1.66. The van der Waals surface area contributed by atoms with E-state index in [4.69, 9.17) is 16.3 Å². The second kappa shape index (κ2) is 6.62. The summed E-state index contributed by atoms with van der Waals surface area (Å²) >= 11 is 5.71. The Bertz CT molecular complexity index is 648. The van der Waals surface area contributed by atoms with Crippen molar-refractivity contribution < 1.29 is 9.13 Å². The van der Waals surface area contributed by atoms with Gasteiger partial charge in [0.2, 0.25) is 0 Å². The zero-order chi connectivity index (χ0) is 15.5. The molecule has 2 atom stereocenters. The number of aryl methyl sites for hydroxylation is 1. The Morgan fingerprint density at radius 2 is 2.36 bits per heavy atom. The van der Waals surface area contributed by atoms with E-state index in [9.17, 15) is 4.39 Å². The lowest BCUT2D eigenvalue weighted by atomic mass is 10.0. The Labute approximate surface area is 133 Å². The van der Waals surface area contributed by atoms with Crippen LogP contribution in [0.3, 0.4) is 0 Å². The van der Waals surface area contributed by atoms with Gasteiger partial charge in [-0.15, -0.1) is 0 Å². The minimum absolute atomic E-state index is 0.0715. The summed E-state index contributed by atoms with van der Waals surface area (Å²) in [5.74, 6) is 0.924. The van der Waals surface area contributed by atoms with Crippen molar-refractivity contribution in [1.29, 1.82) is 0 Å². The molecule has 0 amide bonds. The van der Waals surface area contributed by atoms with Gasteiger partial charge in [0.1, 0.15) is 11.9 Å². The molecule has 118 valence electrons. The molecule has 1 aliphatic heterocycles. The third-order valence-electron chi connectivity index (χ3n) is 3.90. The molecule has 0 aromatic carbocycles. The maximum absolute atomic E-state index is 13.8. The molecule has 22 heavy (non-hydrogen) atoms. The third kappa shape index (κ3) is 3.08. The zero-order valence-electron chi connectivity index (χ0n) is 12.3. The summed E-state index contributed by atoms with van der Waals surface area (Å²) in [5.41, 5.74) is 0. The topological polar surface area (TPSA) is 52.0 Å². The Morgan fingerprint density at radius 1 is 1.50 bits per heavy atom. The zero-order valence-corrected chi connectivity index (χ0v) is 13.1. The number of hydrogen-bond acceptors (Lipinski definition) is 4. The van der Waals surface area contributed by atoms with E-state index in [0.717, 1.165) is 18.8 Å². The Kier molecular flexibility index (Phi) is 4.59. The molecule has 0 bridgehead atoms. The van der Waals surface area contributed by atoms with Crippen molar-refractivity contribution in [2.75, 3.05) is 18.5 Å². The number of hydrogen-bond donors (Lipinski definition) is 1. The number of pyridine rings is 1. The highest BCUT2D eigenvalue weighted by Gasteiger charge is 2.32. The van der Waals surface area contributed by atoms with Crippen molar-refractivity contribution in [3.63, 3.8) is 0 Å². The quantitative estimate of drug-likeness (QED) is 0.917. The molecule has 0 radical (unpaired) electrons. The molecule has 5 nitrogen and oxygen atoms in total. The van der Waals surface area contributed by atoms with E-state index in [2.05, 4.69) is 26.8 Å². The van der Waals surface area contributed by atoms with E-state index in [0.29, 0.717) is 13.2 Å². The van der Waals surface area contributed by atoms with Crippen molar-refractivity contribution in [3.8, 4) is 0 Å². The van der Waals surface area contributed by atoms with Crippen molar-refractivity contribution in [2.24, 2.45) is 5.92 Å². The molecule has 1 aliphatic rings.